The zero-order chi connectivity index (χ0) is 41.3. The molecule has 3 amide bonds. The van der Waals surface area contributed by atoms with Gasteiger partial charge in [-0.15, -0.1) is 0 Å². The third-order valence-electron chi connectivity index (χ3n) is 13.7. The van der Waals surface area contributed by atoms with E-state index in [1.165, 1.54) is 0 Å². The van der Waals surface area contributed by atoms with E-state index in [1.54, 1.807) is 22.9 Å². The van der Waals surface area contributed by atoms with E-state index in [1.807, 2.05) is 96.8 Å². The number of nitrogens with one attached hydrogen (secondary N) is 1. The first-order valence-corrected chi connectivity index (χ1v) is 24.5. The van der Waals surface area contributed by atoms with Gasteiger partial charge >= 0.3 is 0 Å². The van der Waals surface area contributed by atoms with Gasteiger partial charge in [-0.2, -0.15) is 0 Å². The van der Waals surface area contributed by atoms with Gasteiger partial charge in [0.15, 0.2) is 5.60 Å². The van der Waals surface area contributed by atoms with E-state index < -0.39 is 43.2 Å². The first kappa shape index (κ1) is 40.0. The monoisotopic (exact) mass is 879 g/mol. The molecule has 0 unspecified atom stereocenters. The summed E-state index contributed by atoms with van der Waals surface area (Å²) in [5, 5.41) is 13.8. The molecule has 5 aliphatic heterocycles. The van der Waals surface area contributed by atoms with Gasteiger partial charge in [-0.3, -0.25) is 19.3 Å². The summed E-state index contributed by atoms with van der Waals surface area (Å²) in [5.74, 6) is -0.964. The van der Waals surface area contributed by atoms with Crippen molar-refractivity contribution in [3.63, 3.8) is 0 Å². The number of para-hydroxylation sites is 1. The molecule has 4 aromatic carbocycles. The summed E-state index contributed by atoms with van der Waals surface area (Å²) in [5.41, 5.74) is 3.40. The van der Waals surface area contributed by atoms with E-state index in [0.29, 0.717) is 30.9 Å². The van der Waals surface area contributed by atoms with Crippen LogP contribution in [0.25, 0.3) is 0 Å². The number of carbonyl (C=O) groups is 3. The van der Waals surface area contributed by atoms with Gasteiger partial charge in [0, 0.05) is 39.4 Å². The Hall–Kier alpha value is -4.40. The van der Waals surface area contributed by atoms with E-state index in [-0.39, 0.29) is 37.3 Å². The molecular formula is C46H51BrFN5O5Si. The number of nitrogens with zero attached hydrogens (tertiary/aromatic N) is 4. The standard InChI is InChI=1S/C46H51BrFN5O5Si/c1-30-42(59(2,3)48)40(25-41(55)50-27-33-10-8-7-9-32(33)23-37(50)28-54)58-46(30)38-24-34(47)15-18-39(38)51(44(46)57)26-31-13-16-35(17-14-31)52-29-53(36-11-5-4-6-12-36)45(43(52)56)19-21-49-22-20-45/h4-18,24,30,37,40,42,49,54H,19-23,25-29H2,1-3H3/t30-,37-,40+,42-,46+/m0/s1. The lowest BCUT2D eigenvalue weighted by molar-refractivity contribution is -0.151. The Balaban J connectivity index is 0.988. The normalized spacial score (nSPS) is 26.3. The van der Waals surface area contributed by atoms with Crippen molar-refractivity contribution < 1.29 is 28.3 Å². The van der Waals surface area contributed by atoms with Crippen molar-refractivity contribution in [3.8, 4) is 0 Å². The average Bonchev–Trinajstić information content (AvgIpc) is 3.78. The average molecular weight is 881 g/mol. The molecule has 0 aliphatic carbocycles. The van der Waals surface area contributed by atoms with Crippen LogP contribution in [0.5, 0.6) is 0 Å². The van der Waals surface area contributed by atoms with Crippen molar-refractivity contribution in [2.24, 2.45) is 5.92 Å². The van der Waals surface area contributed by atoms with Gasteiger partial charge in [-0.25, -0.2) is 0 Å². The van der Waals surface area contributed by atoms with Crippen molar-refractivity contribution in [2.45, 2.75) is 87.6 Å². The molecule has 59 heavy (non-hydrogen) atoms. The highest BCUT2D eigenvalue weighted by molar-refractivity contribution is 9.10. The predicted molar refractivity (Wildman–Crippen MR) is 232 cm³/mol. The van der Waals surface area contributed by atoms with Gasteiger partial charge in [0.2, 0.25) is 14.3 Å². The van der Waals surface area contributed by atoms with Crippen LogP contribution in [0.1, 0.15) is 48.4 Å². The second kappa shape index (κ2) is 15.3. The lowest BCUT2D eigenvalue weighted by atomic mass is 9.82. The number of carbonyl (C=O) groups excluding carboxylic acids is 3. The molecule has 5 aliphatic rings. The van der Waals surface area contributed by atoms with E-state index in [0.717, 1.165) is 58.5 Å². The lowest BCUT2D eigenvalue weighted by Crippen LogP contribution is -2.55. The molecule has 9 rings (SSSR count). The summed E-state index contributed by atoms with van der Waals surface area (Å²) in [6.45, 7) is 7.57. The molecule has 3 fully saturated rings. The number of halogens is 2. The maximum Gasteiger partial charge on any atom is 0.264 e. The number of amides is 3. The van der Waals surface area contributed by atoms with Gasteiger partial charge in [-0.05, 0) is 105 Å². The third kappa shape index (κ3) is 6.64. The summed E-state index contributed by atoms with van der Waals surface area (Å²) in [6, 6.07) is 31.2. The van der Waals surface area contributed by atoms with Crippen LogP contribution in [0.4, 0.5) is 21.2 Å². The number of benzene rings is 4. The molecule has 2 N–H and O–H groups in total. The smallest absolute Gasteiger partial charge is 0.264 e. The molecule has 2 spiro atoms. The fourth-order valence-electron chi connectivity index (χ4n) is 10.8. The van der Waals surface area contributed by atoms with Crippen LogP contribution in [0.15, 0.2) is 102 Å². The Bertz CT molecular complexity index is 2270. The quantitative estimate of drug-likeness (QED) is 0.145. The van der Waals surface area contributed by atoms with Crippen molar-refractivity contribution >= 4 is 59.1 Å². The maximum absolute atomic E-state index is 16.6. The highest BCUT2D eigenvalue weighted by Gasteiger charge is 2.67. The van der Waals surface area contributed by atoms with Gasteiger partial charge in [0.1, 0.15) is 5.54 Å². The Kier molecular flexibility index (Phi) is 10.3. The number of fused-ring (bicyclic) bond motifs is 3. The molecule has 13 heteroatoms. The maximum atomic E-state index is 16.6. The molecule has 5 heterocycles. The molecule has 0 radical (unpaired) electrons. The number of aliphatic hydroxyl groups excluding tert-OH is 1. The summed E-state index contributed by atoms with van der Waals surface area (Å²) in [6.07, 6.45) is 1.04. The minimum absolute atomic E-state index is 0.0947. The molecule has 3 saturated heterocycles. The molecular weight excluding hydrogens is 830 g/mol. The van der Waals surface area contributed by atoms with Crippen molar-refractivity contribution in [1.29, 1.82) is 0 Å². The Morgan fingerprint density at radius 1 is 0.932 bits per heavy atom. The number of hydrogen-bond acceptors (Lipinski definition) is 7. The topological polar surface area (TPSA) is 106 Å². The Labute approximate surface area is 354 Å². The number of rotatable bonds is 8. The molecule has 0 bridgehead atoms. The van der Waals surface area contributed by atoms with Crippen LogP contribution in [-0.2, 0) is 44.2 Å². The van der Waals surface area contributed by atoms with Crippen LogP contribution >= 0.6 is 15.9 Å². The number of aliphatic hydroxyl groups is 1. The summed E-state index contributed by atoms with van der Waals surface area (Å²) < 4.78 is 24.4. The second-order valence-corrected chi connectivity index (χ2v) is 22.2. The number of anilines is 3. The van der Waals surface area contributed by atoms with Gasteiger partial charge < -0.3 is 34.0 Å². The highest BCUT2D eigenvalue weighted by Crippen LogP contribution is 2.60. The summed E-state index contributed by atoms with van der Waals surface area (Å²) >= 11 is 3.63. The highest BCUT2D eigenvalue weighted by atomic mass is 79.9. The van der Waals surface area contributed by atoms with E-state index in [2.05, 4.69) is 38.3 Å². The zero-order valence-electron chi connectivity index (χ0n) is 33.7. The number of hydrogen-bond donors (Lipinski definition) is 2. The van der Waals surface area contributed by atoms with Crippen LogP contribution in [0, 0.1) is 5.92 Å². The van der Waals surface area contributed by atoms with Crippen molar-refractivity contribution in [3.05, 3.63) is 124 Å². The number of ether oxygens (including phenoxy) is 1. The van der Waals surface area contributed by atoms with Gasteiger partial charge in [-0.1, -0.05) is 77.5 Å². The number of piperidine rings is 1. The lowest BCUT2D eigenvalue weighted by Gasteiger charge is -2.39. The largest absolute Gasteiger partial charge is 0.394 e. The van der Waals surface area contributed by atoms with Crippen molar-refractivity contribution in [1.82, 2.24) is 10.2 Å². The Morgan fingerprint density at radius 2 is 1.63 bits per heavy atom. The third-order valence-corrected chi connectivity index (χ3v) is 16.7. The molecule has 10 nitrogen and oxygen atoms in total. The summed E-state index contributed by atoms with van der Waals surface area (Å²) in [7, 11) is -3.54. The SMILES string of the molecule is C[C@H]1[C@H]([Si](C)(C)F)[C@@H](CC(=O)N2Cc3ccccc3C[C@H]2CO)O[C@]12C(=O)N(Cc1ccc(N3CN(c4ccccc4)C4(CCNCC4)C3=O)cc1)c1ccc(Br)cc12. The molecule has 0 aromatic heterocycles. The van der Waals surface area contributed by atoms with Crippen LogP contribution in [0.3, 0.4) is 0 Å². The minimum atomic E-state index is -3.54. The van der Waals surface area contributed by atoms with E-state index in [9.17, 15) is 14.7 Å². The molecule has 308 valence electrons. The first-order chi connectivity index (χ1) is 28.4. The van der Waals surface area contributed by atoms with Crippen LogP contribution in [0.2, 0.25) is 18.6 Å². The molecule has 4 aromatic rings. The van der Waals surface area contributed by atoms with Crippen LogP contribution in [-0.4, -0.2) is 80.2 Å². The van der Waals surface area contributed by atoms with Gasteiger partial charge in [0.05, 0.1) is 44.1 Å². The second-order valence-electron chi connectivity index (χ2n) is 17.4. The predicted octanol–water partition coefficient (Wildman–Crippen LogP) is 7.04. The molecule has 0 saturated carbocycles. The van der Waals surface area contributed by atoms with Crippen LogP contribution < -0.4 is 20.0 Å². The Morgan fingerprint density at radius 3 is 2.32 bits per heavy atom. The fraction of sp³-hybridized carbons (Fsp3) is 0.413. The first-order valence-electron chi connectivity index (χ1n) is 20.8. The summed E-state index contributed by atoms with van der Waals surface area (Å²) in [4.78, 5) is 51.2. The molecule has 5 atom stereocenters. The van der Waals surface area contributed by atoms with E-state index >= 15 is 8.90 Å². The zero-order valence-corrected chi connectivity index (χ0v) is 36.3. The van der Waals surface area contributed by atoms with Gasteiger partial charge in [0.25, 0.3) is 11.8 Å². The fourth-order valence-corrected chi connectivity index (χ4v) is 13.7. The van der Waals surface area contributed by atoms with Crippen molar-refractivity contribution in [2.75, 3.05) is 41.1 Å². The van der Waals surface area contributed by atoms with E-state index in [4.69, 9.17) is 4.74 Å². The minimum Gasteiger partial charge on any atom is -0.394 e.